The van der Waals surface area contributed by atoms with Crippen LogP contribution in [-0.2, 0) is 0 Å². The fourth-order valence-corrected chi connectivity index (χ4v) is 7.66. The number of oxazole rings is 2. The molecule has 6 nitrogen and oxygen atoms in total. The van der Waals surface area contributed by atoms with Crippen molar-refractivity contribution in [1.29, 1.82) is 0 Å². The molecule has 7 heteroatoms. The van der Waals surface area contributed by atoms with E-state index in [-0.39, 0.29) is 0 Å². The fraction of sp³-hybridized carbons (Fsp3) is 0. The molecule has 4 aromatic heterocycles. The summed E-state index contributed by atoms with van der Waals surface area (Å²) in [6.45, 7) is 0. The quantitative estimate of drug-likeness (QED) is 0.176. The smallest absolute Gasteiger partial charge is 0.227 e. The maximum Gasteiger partial charge on any atom is 0.227 e. The molecule has 6 aromatic carbocycles. The Kier molecular flexibility index (Phi) is 6.57. The van der Waals surface area contributed by atoms with Crippen LogP contribution in [0.15, 0.2) is 167 Å². The van der Waals surface area contributed by atoms with Crippen molar-refractivity contribution >= 4 is 70.8 Å². The Balaban J connectivity index is 1.02. The van der Waals surface area contributed by atoms with Gasteiger partial charge in [-0.1, -0.05) is 48.5 Å². The van der Waals surface area contributed by atoms with Gasteiger partial charge in [0.1, 0.15) is 11.0 Å². The summed E-state index contributed by atoms with van der Waals surface area (Å²) in [5.41, 5.74) is 10.5. The summed E-state index contributed by atoms with van der Waals surface area (Å²) in [6.07, 6.45) is 3.81. The van der Waals surface area contributed by atoms with Crippen LogP contribution in [0, 0.1) is 0 Å². The normalized spacial score (nSPS) is 11.6. The highest BCUT2D eigenvalue weighted by atomic mass is 32.1. The number of nitrogens with zero attached hydrogens (tertiary/aromatic N) is 4. The number of fused-ring (bicyclic) bond motifs is 5. The first kappa shape index (κ1) is 28.4. The number of rotatable bonds is 6. The minimum absolute atomic E-state index is 0.600. The van der Waals surface area contributed by atoms with E-state index in [1.54, 1.807) is 11.3 Å². The van der Waals surface area contributed by atoms with Gasteiger partial charge in [0.05, 0.1) is 0 Å². The third-order valence-corrected chi connectivity index (χ3v) is 10.2. The molecule has 0 unspecified atom stereocenters. The highest BCUT2D eigenvalue weighted by Gasteiger charge is 2.16. The predicted octanol–water partition coefficient (Wildman–Crippen LogP) is 12.2. The molecule has 0 radical (unpaired) electrons. The van der Waals surface area contributed by atoms with Crippen LogP contribution in [0.25, 0.3) is 76.4 Å². The topological polar surface area (TPSA) is 68.2 Å². The minimum Gasteiger partial charge on any atom is -0.436 e. The number of hydrogen-bond acceptors (Lipinski definition) is 7. The lowest BCUT2D eigenvalue weighted by atomic mass is 10.0. The van der Waals surface area contributed by atoms with Gasteiger partial charge in [-0.3, -0.25) is 4.98 Å². The Labute approximate surface area is 290 Å². The van der Waals surface area contributed by atoms with Crippen molar-refractivity contribution in [2.45, 2.75) is 0 Å². The fourth-order valence-electron chi connectivity index (χ4n) is 6.55. The summed E-state index contributed by atoms with van der Waals surface area (Å²) in [4.78, 5) is 16.0. The van der Waals surface area contributed by atoms with Gasteiger partial charge in [-0.05, 0) is 108 Å². The van der Waals surface area contributed by atoms with E-state index >= 15 is 0 Å². The molecule has 4 heterocycles. The summed E-state index contributed by atoms with van der Waals surface area (Å²) in [7, 11) is 0. The first-order valence-corrected chi connectivity index (χ1v) is 17.1. The van der Waals surface area contributed by atoms with Crippen LogP contribution in [0.5, 0.6) is 0 Å². The van der Waals surface area contributed by atoms with Crippen molar-refractivity contribution in [2.24, 2.45) is 0 Å². The zero-order valence-corrected chi connectivity index (χ0v) is 27.3. The molecule has 0 amide bonds. The molecule has 0 N–H and O–H groups in total. The average molecular weight is 663 g/mol. The number of hydrogen-bond donors (Lipinski definition) is 0. The number of aromatic nitrogens is 3. The van der Waals surface area contributed by atoms with E-state index in [1.807, 2.05) is 60.9 Å². The molecule has 0 aliphatic rings. The molecule has 0 spiro atoms. The highest BCUT2D eigenvalue weighted by Crippen LogP contribution is 2.40. The zero-order valence-electron chi connectivity index (χ0n) is 26.5. The molecule has 0 saturated heterocycles. The Hall–Kier alpha value is -6.57. The second-order valence-corrected chi connectivity index (χ2v) is 13.2. The zero-order chi connectivity index (χ0) is 33.0. The molecular formula is C43H26N4O2S. The highest BCUT2D eigenvalue weighted by molar-refractivity contribution is 7.25. The number of benzene rings is 6. The second kappa shape index (κ2) is 11.5. The van der Waals surface area contributed by atoms with Crippen molar-refractivity contribution in [3.05, 3.63) is 158 Å². The van der Waals surface area contributed by atoms with Gasteiger partial charge in [-0.25, -0.2) is 9.97 Å². The Morgan fingerprint density at radius 1 is 0.460 bits per heavy atom. The standard InChI is InChI=1S/C43H26N4O2S/c1-3-7-38-36(5-1)45-42(48-38)28-11-18-32(19-12-28)47(33-20-13-29(14-21-33)43-46-37-6-2-4-8-39(37)49-43)31-16-9-27(10-17-31)30-15-22-34-35-26-44-24-23-40(35)50-41(34)25-30/h1-26H. The van der Waals surface area contributed by atoms with E-state index in [1.165, 1.54) is 25.7 Å². The van der Waals surface area contributed by atoms with Crippen LogP contribution >= 0.6 is 11.3 Å². The monoisotopic (exact) mass is 662 g/mol. The third-order valence-electron chi connectivity index (χ3n) is 9.06. The Bertz CT molecular complexity index is 2630. The lowest BCUT2D eigenvalue weighted by Crippen LogP contribution is -2.09. The maximum atomic E-state index is 6.06. The van der Waals surface area contributed by atoms with Gasteiger partial charge >= 0.3 is 0 Å². The summed E-state index contributed by atoms with van der Waals surface area (Å²) in [5, 5.41) is 2.45. The van der Waals surface area contributed by atoms with Gasteiger partial charge < -0.3 is 13.7 Å². The average Bonchev–Trinajstić information content (AvgIpc) is 3.91. The van der Waals surface area contributed by atoms with Gasteiger partial charge in [0.2, 0.25) is 11.8 Å². The molecule has 0 aliphatic heterocycles. The SMILES string of the molecule is c1ccc2oc(-c3ccc(N(c4ccc(-c5ccc6c(c5)sc5ccncc56)cc4)c4ccc(-c5nc6ccccc6o5)cc4)cc3)nc2c1. The van der Waals surface area contributed by atoms with E-state index in [9.17, 15) is 0 Å². The van der Waals surface area contributed by atoms with E-state index in [4.69, 9.17) is 18.8 Å². The van der Waals surface area contributed by atoms with E-state index < -0.39 is 0 Å². The van der Waals surface area contributed by atoms with Crippen molar-refractivity contribution in [3.8, 4) is 34.0 Å². The van der Waals surface area contributed by atoms with Crippen LogP contribution in [0.4, 0.5) is 17.1 Å². The van der Waals surface area contributed by atoms with Crippen molar-refractivity contribution in [3.63, 3.8) is 0 Å². The molecule has 0 bridgehead atoms. The Morgan fingerprint density at radius 3 is 1.54 bits per heavy atom. The number of pyridine rings is 1. The van der Waals surface area contributed by atoms with E-state index in [0.717, 1.165) is 56.0 Å². The first-order valence-electron chi connectivity index (χ1n) is 16.3. The molecule has 10 aromatic rings. The van der Waals surface area contributed by atoms with Gasteiger partial charge in [0.25, 0.3) is 0 Å². The molecule has 0 saturated carbocycles. The lowest BCUT2D eigenvalue weighted by Gasteiger charge is -2.26. The summed E-state index contributed by atoms with van der Waals surface area (Å²) in [5.74, 6) is 1.20. The van der Waals surface area contributed by atoms with Gasteiger partial charge in [-0.15, -0.1) is 11.3 Å². The minimum atomic E-state index is 0.600. The third kappa shape index (κ3) is 4.91. The summed E-state index contributed by atoms with van der Waals surface area (Å²) < 4.78 is 14.6. The molecule has 50 heavy (non-hydrogen) atoms. The number of para-hydroxylation sites is 4. The summed E-state index contributed by atoms with van der Waals surface area (Å²) in [6, 6.07) is 49.8. The number of thiophene rings is 1. The van der Waals surface area contributed by atoms with Crippen molar-refractivity contribution in [1.82, 2.24) is 15.0 Å². The van der Waals surface area contributed by atoms with Gasteiger partial charge in [0.15, 0.2) is 11.2 Å². The van der Waals surface area contributed by atoms with Crippen molar-refractivity contribution in [2.75, 3.05) is 4.90 Å². The lowest BCUT2D eigenvalue weighted by molar-refractivity contribution is 0.619. The molecule has 0 fully saturated rings. The molecular weight excluding hydrogens is 637 g/mol. The predicted molar refractivity (Wildman–Crippen MR) is 203 cm³/mol. The second-order valence-electron chi connectivity index (χ2n) is 12.1. The van der Waals surface area contributed by atoms with Crippen LogP contribution in [0.1, 0.15) is 0 Å². The first-order chi connectivity index (χ1) is 24.7. The van der Waals surface area contributed by atoms with Gasteiger partial charge in [0, 0.05) is 60.8 Å². The van der Waals surface area contributed by atoms with Crippen LogP contribution in [-0.4, -0.2) is 15.0 Å². The van der Waals surface area contributed by atoms with E-state index in [2.05, 4.69) is 107 Å². The van der Waals surface area contributed by atoms with Crippen LogP contribution < -0.4 is 4.90 Å². The van der Waals surface area contributed by atoms with Crippen LogP contribution in [0.2, 0.25) is 0 Å². The van der Waals surface area contributed by atoms with Crippen LogP contribution in [0.3, 0.4) is 0 Å². The maximum absolute atomic E-state index is 6.06. The molecule has 236 valence electrons. The molecule has 10 rings (SSSR count). The summed E-state index contributed by atoms with van der Waals surface area (Å²) >= 11 is 1.80. The van der Waals surface area contributed by atoms with E-state index in [0.29, 0.717) is 11.8 Å². The van der Waals surface area contributed by atoms with Crippen molar-refractivity contribution < 1.29 is 8.83 Å². The molecule has 0 aliphatic carbocycles. The number of anilines is 3. The van der Waals surface area contributed by atoms with Gasteiger partial charge in [-0.2, -0.15) is 0 Å². The Morgan fingerprint density at radius 2 is 0.980 bits per heavy atom. The molecule has 0 atom stereocenters. The largest absolute Gasteiger partial charge is 0.436 e.